The van der Waals surface area contributed by atoms with Gasteiger partial charge in [0.15, 0.2) is 0 Å². The van der Waals surface area contributed by atoms with Gasteiger partial charge in [0.1, 0.15) is 0 Å². The highest BCUT2D eigenvalue weighted by Gasteiger charge is 2.37. The molecule has 2 aromatic rings. The first-order chi connectivity index (χ1) is 10.1. The Morgan fingerprint density at radius 1 is 1.05 bits per heavy atom. The standard InChI is InChI=1S/C19H22O2/c1-4-21-18(20)19(3,14-16-11-6-5-7-12-16)17-13-9-8-10-15(17)2/h5-13H,4,14H2,1-3H3. The highest BCUT2D eigenvalue weighted by molar-refractivity contribution is 5.83. The third kappa shape index (κ3) is 3.33. The monoisotopic (exact) mass is 282 g/mol. The number of ether oxygens (including phenoxy) is 1. The van der Waals surface area contributed by atoms with Crippen molar-refractivity contribution in [3.8, 4) is 0 Å². The SMILES string of the molecule is CCOC(=O)C(C)(Cc1ccccc1)c1ccccc1C. The lowest BCUT2D eigenvalue weighted by Gasteiger charge is -2.29. The Labute approximate surface area is 126 Å². The van der Waals surface area contributed by atoms with E-state index in [1.165, 1.54) is 0 Å². The molecule has 2 nitrogen and oxygen atoms in total. The Balaban J connectivity index is 2.44. The Bertz CT molecular complexity index is 604. The molecule has 0 spiro atoms. The van der Waals surface area contributed by atoms with E-state index in [1.54, 1.807) is 0 Å². The Kier molecular flexibility index (Phi) is 4.79. The first-order valence-corrected chi connectivity index (χ1v) is 7.35. The maximum Gasteiger partial charge on any atom is 0.316 e. The maximum absolute atomic E-state index is 12.6. The summed E-state index contributed by atoms with van der Waals surface area (Å²) in [5.74, 6) is -0.164. The topological polar surface area (TPSA) is 26.3 Å². The van der Waals surface area contributed by atoms with Gasteiger partial charge in [0.05, 0.1) is 12.0 Å². The van der Waals surface area contributed by atoms with Gasteiger partial charge in [0.25, 0.3) is 0 Å². The minimum absolute atomic E-state index is 0.164. The summed E-state index contributed by atoms with van der Waals surface area (Å²) in [7, 11) is 0. The summed E-state index contributed by atoms with van der Waals surface area (Å²) < 4.78 is 5.35. The molecule has 0 fully saturated rings. The van der Waals surface area contributed by atoms with E-state index in [0.29, 0.717) is 13.0 Å². The van der Waals surface area contributed by atoms with Crippen molar-refractivity contribution in [2.24, 2.45) is 0 Å². The van der Waals surface area contributed by atoms with Gasteiger partial charge in [0.2, 0.25) is 0 Å². The molecule has 21 heavy (non-hydrogen) atoms. The third-order valence-electron chi connectivity index (χ3n) is 3.87. The van der Waals surface area contributed by atoms with E-state index in [0.717, 1.165) is 16.7 Å². The molecule has 1 atom stereocenters. The van der Waals surface area contributed by atoms with E-state index in [-0.39, 0.29) is 5.97 Å². The summed E-state index contributed by atoms with van der Waals surface area (Å²) in [6.45, 7) is 6.26. The van der Waals surface area contributed by atoms with E-state index < -0.39 is 5.41 Å². The molecule has 2 heteroatoms. The van der Waals surface area contributed by atoms with Crippen LogP contribution in [0.5, 0.6) is 0 Å². The average molecular weight is 282 g/mol. The fourth-order valence-corrected chi connectivity index (χ4v) is 2.76. The van der Waals surface area contributed by atoms with Crippen LogP contribution < -0.4 is 0 Å². The molecule has 0 N–H and O–H groups in total. The molecule has 0 aliphatic rings. The van der Waals surface area contributed by atoms with Crippen molar-refractivity contribution < 1.29 is 9.53 Å². The van der Waals surface area contributed by atoms with Crippen molar-refractivity contribution in [1.82, 2.24) is 0 Å². The second-order valence-electron chi connectivity index (χ2n) is 5.53. The van der Waals surface area contributed by atoms with Crippen LogP contribution in [0.25, 0.3) is 0 Å². The van der Waals surface area contributed by atoms with Crippen LogP contribution in [-0.2, 0) is 21.4 Å². The lowest BCUT2D eigenvalue weighted by molar-refractivity contribution is -0.149. The summed E-state index contributed by atoms with van der Waals surface area (Å²) in [5, 5.41) is 0. The van der Waals surface area contributed by atoms with Gasteiger partial charge in [-0.1, -0.05) is 54.6 Å². The molecular weight excluding hydrogens is 260 g/mol. The number of hydrogen-bond donors (Lipinski definition) is 0. The molecular formula is C19H22O2. The summed E-state index contributed by atoms with van der Waals surface area (Å²) in [6.07, 6.45) is 0.636. The van der Waals surface area contributed by atoms with Crippen molar-refractivity contribution in [2.45, 2.75) is 32.6 Å². The van der Waals surface area contributed by atoms with Crippen LogP contribution in [0.15, 0.2) is 54.6 Å². The fraction of sp³-hybridized carbons (Fsp3) is 0.316. The summed E-state index contributed by atoms with van der Waals surface area (Å²) in [5.41, 5.74) is 2.62. The highest BCUT2D eigenvalue weighted by Crippen LogP contribution is 2.32. The van der Waals surface area contributed by atoms with Gasteiger partial charge in [-0.2, -0.15) is 0 Å². The molecule has 0 radical (unpaired) electrons. The van der Waals surface area contributed by atoms with Crippen LogP contribution in [-0.4, -0.2) is 12.6 Å². The van der Waals surface area contributed by atoms with Crippen LogP contribution in [0, 0.1) is 6.92 Å². The smallest absolute Gasteiger partial charge is 0.316 e. The van der Waals surface area contributed by atoms with Gasteiger partial charge >= 0.3 is 5.97 Å². The van der Waals surface area contributed by atoms with E-state index in [2.05, 4.69) is 12.1 Å². The van der Waals surface area contributed by atoms with E-state index >= 15 is 0 Å². The highest BCUT2D eigenvalue weighted by atomic mass is 16.5. The normalized spacial score (nSPS) is 13.5. The molecule has 0 bridgehead atoms. The van der Waals surface area contributed by atoms with Crippen molar-refractivity contribution >= 4 is 5.97 Å². The number of aryl methyl sites for hydroxylation is 1. The number of rotatable bonds is 5. The van der Waals surface area contributed by atoms with Gasteiger partial charge < -0.3 is 4.74 Å². The van der Waals surface area contributed by atoms with E-state index in [9.17, 15) is 4.79 Å². The van der Waals surface area contributed by atoms with E-state index in [1.807, 2.05) is 63.2 Å². The second kappa shape index (κ2) is 6.57. The minimum Gasteiger partial charge on any atom is -0.465 e. The van der Waals surface area contributed by atoms with Crippen LogP contribution in [0.3, 0.4) is 0 Å². The van der Waals surface area contributed by atoms with E-state index in [4.69, 9.17) is 4.74 Å². The molecule has 0 aliphatic heterocycles. The van der Waals surface area contributed by atoms with Gasteiger partial charge in [-0.15, -0.1) is 0 Å². The predicted octanol–water partition coefficient (Wildman–Crippen LogP) is 4.06. The lowest BCUT2D eigenvalue weighted by atomic mass is 9.75. The Hall–Kier alpha value is -2.09. The number of benzene rings is 2. The van der Waals surface area contributed by atoms with Gasteiger partial charge in [-0.25, -0.2) is 0 Å². The van der Waals surface area contributed by atoms with Crippen LogP contribution >= 0.6 is 0 Å². The first kappa shape index (κ1) is 15.3. The zero-order valence-electron chi connectivity index (χ0n) is 12.9. The first-order valence-electron chi connectivity index (χ1n) is 7.35. The van der Waals surface area contributed by atoms with Gasteiger partial charge in [-0.05, 0) is 43.9 Å². The summed E-state index contributed by atoms with van der Waals surface area (Å²) in [4.78, 5) is 12.6. The molecule has 1 unspecified atom stereocenters. The molecule has 2 rings (SSSR count). The molecule has 0 saturated carbocycles. The second-order valence-corrected chi connectivity index (χ2v) is 5.53. The predicted molar refractivity (Wildman–Crippen MR) is 85.3 cm³/mol. The number of esters is 1. The molecule has 0 saturated heterocycles. The maximum atomic E-state index is 12.6. The van der Waals surface area contributed by atoms with Crippen molar-refractivity contribution in [1.29, 1.82) is 0 Å². The fourth-order valence-electron chi connectivity index (χ4n) is 2.76. The summed E-state index contributed by atoms with van der Waals surface area (Å²) in [6, 6.07) is 18.1. The quantitative estimate of drug-likeness (QED) is 0.773. The third-order valence-corrected chi connectivity index (χ3v) is 3.87. The van der Waals surface area contributed by atoms with Crippen LogP contribution in [0.1, 0.15) is 30.5 Å². The van der Waals surface area contributed by atoms with Gasteiger partial charge in [0, 0.05) is 0 Å². The molecule has 0 heterocycles. The molecule has 0 aliphatic carbocycles. The molecule has 2 aromatic carbocycles. The lowest BCUT2D eigenvalue weighted by Crippen LogP contribution is -2.37. The number of hydrogen-bond acceptors (Lipinski definition) is 2. The van der Waals surface area contributed by atoms with Crippen molar-refractivity contribution in [3.63, 3.8) is 0 Å². The number of carbonyl (C=O) groups is 1. The average Bonchev–Trinajstić information content (AvgIpc) is 2.48. The van der Waals surface area contributed by atoms with Crippen LogP contribution in [0.2, 0.25) is 0 Å². The molecule has 0 amide bonds. The summed E-state index contributed by atoms with van der Waals surface area (Å²) >= 11 is 0. The van der Waals surface area contributed by atoms with Crippen LogP contribution in [0.4, 0.5) is 0 Å². The van der Waals surface area contributed by atoms with Crippen molar-refractivity contribution in [3.05, 3.63) is 71.3 Å². The minimum atomic E-state index is -0.664. The Morgan fingerprint density at radius 3 is 2.29 bits per heavy atom. The largest absolute Gasteiger partial charge is 0.465 e. The number of carbonyl (C=O) groups excluding carboxylic acids is 1. The molecule has 0 aromatic heterocycles. The van der Waals surface area contributed by atoms with Gasteiger partial charge in [-0.3, -0.25) is 4.79 Å². The zero-order valence-corrected chi connectivity index (χ0v) is 12.9. The zero-order chi connectivity index (χ0) is 15.3. The Morgan fingerprint density at radius 2 is 1.67 bits per heavy atom. The molecule has 110 valence electrons. The van der Waals surface area contributed by atoms with Crippen molar-refractivity contribution in [2.75, 3.05) is 6.61 Å².